The minimum absolute atomic E-state index is 0.175. The number of rotatable bonds is 5. The van der Waals surface area contributed by atoms with E-state index in [1.54, 1.807) is 12.4 Å². The molecule has 2 bridgehead atoms. The second-order valence-corrected chi connectivity index (χ2v) is 10.5. The molecule has 3 heterocycles. The van der Waals surface area contributed by atoms with E-state index in [4.69, 9.17) is 0 Å². The molecule has 170 valence electrons. The molecular formula is C26H34N4O2. The molecule has 2 saturated heterocycles. The van der Waals surface area contributed by atoms with Crippen LogP contribution in [0, 0.1) is 5.92 Å². The number of nitrogens with zero attached hydrogens (tertiary/aromatic N) is 4. The van der Waals surface area contributed by atoms with Crippen molar-refractivity contribution >= 4 is 0 Å². The van der Waals surface area contributed by atoms with Crippen LogP contribution in [-0.2, 0) is 18.3 Å². The SMILES string of the molecule is Oc1ccc2c(c1)C13CCN(CCc4cnccn4)CCC1(O)C(C2)N(CC1CC1)CC3. The summed E-state index contributed by atoms with van der Waals surface area (Å²) in [6.45, 7) is 4.99. The Kier molecular flexibility index (Phi) is 5.01. The zero-order valence-electron chi connectivity index (χ0n) is 18.8. The minimum atomic E-state index is -0.748. The Morgan fingerprint density at radius 3 is 2.72 bits per heavy atom. The molecule has 32 heavy (non-hydrogen) atoms. The first-order valence-corrected chi connectivity index (χ1v) is 12.3. The summed E-state index contributed by atoms with van der Waals surface area (Å²) in [4.78, 5) is 13.7. The number of aliphatic hydroxyl groups is 1. The highest BCUT2D eigenvalue weighted by Crippen LogP contribution is 2.56. The fraction of sp³-hybridized carbons (Fsp3) is 0.615. The number of fused-ring (bicyclic) bond motifs is 1. The number of phenols is 1. The first-order valence-electron chi connectivity index (χ1n) is 12.3. The van der Waals surface area contributed by atoms with E-state index in [1.165, 1.54) is 24.0 Å². The number of benzene rings is 1. The van der Waals surface area contributed by atoms with Crippen LogP contribution >= 0.6 is 0 Å². The molecule has 2 aromatic rings. The molecule has 6 heteroatoms. The van der Waals surface area contributed by atoms with Gasteiger partial charge in [0.15, 0.2) is 0 Å². The van der Waals surface area contributed by atoms with Crippen molar-refractivity contribution in [2.75, 3.05) is 32.7 Å². The van der Waals surface area contributed by atoms with Crippen molar-refractivity contribution < 1.29 is 10.2 Å². The highest BCUT2D eigenvalue weighted by molar-refractivity contribution is 5.48. The summed E-state index contributed by atoms with van der Waals surface area (Å²) in [5.41, 5.74) is 2.54. The Morgan fingerprint density at radius 1 is 1.06 bits per heavy atom. The van der Waals surface area contributed by atoms with Crippen LogP contribution in [0.3, 0.4) is 0 Å². The summed E-state index contributed by atoms with van der Waals surface area (Å²) in [6, 6.07) is 6.07. The van der Waals surface area contributed by atoms with E-state index >= 15 is 0 Å². The fourth-order valence-electron chi connectivity index (χ4n) is 6.87. The summed E-state index contributed by atoms with van der Waals surface area (Å²) >= 11 is 0. The van der Waals surface area contributed by atoms with Crippen molar-refractivity contribution in [2.45, 2.75) is 62.0 Å². The molecule has 3 atom stereocenters. The van der Waals surface area contributed by atoms with Crippen LogP contribution in [0.1, 0.15) is 48.9 Å². The van der Waals surface area contributed by atoms with Crippen LogP contribution in [0.25, 0.3) is 0 Å². The zero-order chi connectivity index (χ0) is 21.8. The van der Waals surface area contributed by atoms with Gasteiger partial charge in [0.05, 0.1) is 11.3 Å². The van der Waals surface area contributed by atoms with Gasteiger partial charge in [0, 0.05) is 56.1 Å². The Bertz CT molecular complexity index is 981. The monoisotopic (exact) mass is 434 g/mol. The molecule has 3 fully saturated rings. The van der Waals surface area contributed by atoms with Crippen molar-refractivity contribution in [3.8, 4) is 5.75 Å². The van der Waals surface area contributed by atoms with Crippen molar-refractivity contribution in [1.29, 1.82) is 0 Å². The van der Waals surface area contributed by atoms with Gasteiger partial charge in [0.25, 0.3) is 0 Å². The van der Waals surface area contributed by atoms with E-state index in [2.05, 4.69) is 25.8 Å². The molecular weight excluding hydrogens is 400 g/mol. The van der Waals surface area contributed by atoms with Gasteiger partial charge < -0.3 is 15.1 Å². The zero-order valence-corrected chi connectivity index (χ0v) is 18.8. The Morgan fingerprint density at radius 2 is 1.91 bits per heavy atom. The molecule has 3 unspecified atom stereocenters. The predicted molar refractivity (Wildman–Crippen MR) is 123 cm³/mol. The van der Waals surface area contributed by atoms with Crippen LogP contribution in [-0.4, -0.2) is 74.3 Å². The van der Waals surface area contributed by atoms with E-state index in [9.17, 15) is 10.2 Å². The number of aromatic nitrogens is 2. The van der Waals surface area contributed by atoms with Gasteiger partial charge in [-0.2, -0.15) is 0 Å². The summed E-state index contributed by atoms with van der Waals surface area (Å²) < 4.78 is 0. The molecule has 0 amide bonds. The standard InChI is InChI=1S/C26H34N4O2/c31-22-4-3-20-15-24-26(32)8-13-29(11-5-21-17-27-9-10-28-21)12-6-25(26,23(20)16-22)7-14-30(24)18-19-1-2-19/h3-4,9-10,16-17,19,24,31-32H,1-2,5-8,11-15,18H2. The van der Waals surface area contributed by atoms with Gasteiger partial charge in [-0.05, 0) is 80.8 Å². The molecule has 2 aliphatic heterocycles. The average Bonchev–Trinajstić information content (AvgIpc) is 3.63. The maximum atomic E-state index is 12.5. The molecule has 6 nitrogen and oxygen atoms in total. The summed E-state index contributed by atoms with van der Waals surface area (Å²) in [6.07, 6.45) is 12.5. The summed E-state index contributed by atoms with van der Waals surface area (Å²) in [5.74, 6) is 1.14. The molecule has 6 rings (SSSR count). The van der Waals surface area contributed by atoms with Crippen LogP contribution in [0.2, 0.25) is 0 Å². The van der Waals surface area contributed by atoms with Crippen LogP contribution < -0.4 is 0 Å². The Balaban J connectivity index is 1.31. The smallest absolute Gasteiger partial charge is 0.115 e. The number of aromatic hydroxyl groups is 1. The van der Waals surface area contributed by atoms with Gasteiger partial charge in [-0.15, -0.1) is 0 Å². The van der Waals surface area contributed by atoms with Crippen molar-refractivity contribution in [1.82, 2.24) is 19.8 Å². The fourth-order valence-corrected chi connectivity index (χ4v) is 6.87. The van der Waals surface area contributed by atoms with Crippen molar-refractivity contribution in [3.05, 3.63) is 53.6 Å². The van der Waals surface area contributed by atoms with Gasteiger partial charge in [-0.1, -0.05) is 6.07 Å². The summed E-state index contributed by atoms with van der Waals surface area (Å²) in [5, 5.41) is 22.9. The van der Waals surface area contributed by atoms with Crippen molar-refractivity contribution in [2.24, 2.45) is 5.92 Å². The van der Waals surface area contributed by atoms with E-state index in [0.29, 0.717) is 5.75 Å². The van der Waals surface area contributed by atoms with Crippen molar-refractivity contribution in [3.63, 3.8) is 0 Å². The first kappa shape index (κ1) is 20.6. The normalized spacial score (nSPS) is 32.7. The van der Waals surface area contributed by atoms with Gasteiger partial charge in [0.1, 0.15) is 5.75 Å². The molecule has 0 spiro atoms. The van der Waals surface area contributed by atoms with Crippen LogP contribution in [0.4, 0.5) is 0 Å². The van der Waals surface area contributed by atoms with E-state index in [0.717, 1.165) is 76.4 Å². The lowest BCUT2D eigenvalue weighted by molar-refractivity contribution is -0.149. The molecule has 1 aromatic heterocycles. The number of hydrogen-bond acceptors (Lipinski definition) is 6. The Labute approximate surface area is 190 Å². The first-order chi connectivity index (χ1) is 15.6. The van der Waals surface area contributed by atoms with Gasteiger partial charge in [-0.25, -0.2) is 0 Å². The highest BCUT2D eigenvalue weighted by atomic mass is 16.3. The van der Waals surface area contributed by atoms with E-state index < -0.39 is 5.60 Å². The van der Waals surface area contributed by atoms with E-state index in [-0.39, 0.29) is 11.5 Å². The van der Waals surface area contributed by atoms with Crippen LogP contribution in [0.5, 0.6) is 5.75 Å². The minimum Gasteiger partial charge on any atom is -0.508 e. The quantitative estimate of drug-likeness (QED) is 0.754. The molecule has 4 aliphatic rings. The number of hydrogen-bond donors (Lipinski definition) is 2. The Hall–Kier alpha value is -2.02. The van der Waals surface area contributed by atoms with Gasteiger partial charge in [0.2, 0.25) is 0 Å². The third-order valence-corrected chi connectivity index (χ3v) is 8.82. The third kappa shape index (κ3) is 3.35. The molecule has 0 radical (unpaired) electrons. The largest absolute Gasteiger partial charge is 0.508 e. The maximum Gasteiger partial charge on any atom is 0.115 e. The number of piperidine rings is 1. The second kappa shape index (κ2) is 7.79. The molecule has 1 saturated carbocycles. The lowest BCUT2D eigenvalue weighted by atomic mass is 9.52. The van der Waals surface area contributed by atoms with E-state index in [1.807, 2.05) is 18.3 Å². The second-order valence-electron chi connectivity index (χ2n) is 10.5. The van der Waals surface area contributed by atoms with Gasteiger partial charge in [-0.3, -0.25) is 14.9 Å². The molecule has 2 aliphatic carbocycles. The lowest BCUT2D eigenvalue weighted by Crippen LogP contribution is -2.71. The lowest BCUT2D eigenvalue weighted by Gasteiger charge is -2.61. The topological polar surface area (TPSA) is 72.7 Å². The van der Waals surface area contributed by atoms with Crippen LogP contribution in [0.15, 0.2) is 36.8 Å². The summed E-state index contributed by atoms with van der Waals surface area (Å²) in [7, 11) is 0. The third-order valence-electron chi connectivity index (χ3n) is 8.82. The molecule has 2 N–H and O–H groups in total. The molecule has 1 aromatic carbocycles. The number of likely N-dealkylation sites (tertiary alicyclic amines) is 2. The average molecular weight is 435 g/mol. The van der Waals surface area contributed by atoms with Gasteiger partial charge >= 0.3 is 0 Å². The predicted octanol–water partition coefficient (Wildman–Crippen LogP) is 2.53. The highest BCUT2D eigenvalue weighted by Gasteiger charge is 2.63. The number of phenolic OH excluding ortho intramolecular Hbond substituents is 1. The maximum absolute atomic E-state index is 12.5.